The number of ether oxygens (including phenoxy) is 1. The summed E-state index contributed by atoms with van der Waals surface area (Å²) in [6.07, 6.45) is 2.73. The number of hydrogen-bond acceptors (Lipinski definition) is 3. The van der Waals surface area contributed by atoms with Crippen LogP contribution < -0.4 is 0 Å². The molecule has 5 heteroatoms. The summed E-state index contributed by atoms with van der Waals surface area (Å²) in [5.41, 5.74) is 2.29. The first-order valence-corrected chi connectivity index (χ1v) is 6.37. The molecule has 1 aliphatic heterocycles. The third kappa shape index (κ3) is 1.49. The van der Waals surface area contributed by atoms with E-state index in [1.807, 2.05) is 6.92 Å². The van der Waals surface area contributed by atoms with Gasteiger partial charge in [-0.25, -0.2) is 9.07 Å². The molecule has 0 amide bonds. The summed E-state index contributed by atoms with van der Waals surface area (Å²) in [6.45, 7) is 2.63. The molecule has 2 aromatic heterocycles. The van der Waals surface area contributed by atoms with Gasteiger partial charge in [-0.2, -0.15) is 0 Å². The third-order valence-electron chi connectivity index (χ3n) is 2.84. The van der Waals surface area contributed by atoms with Crippen LogP contribution in [0.3, 0.4) is 0 Å². The Labute approximate surface area is 103 Å². The summed E-state index contributed by atoms with van der Waals surface area (Å²) >= 11 is 7.88. The highest BCUT2D eigenvalue weighted by Gasteiger charge is 2.27. The zero-order valence-electron chi connectivity index (χ0n) is 8.81. The minimum absolute atomic E-state index is 0.0533. The zero-order chi connectivity index (χ0) is 11.1. The average Bonchev–Trinajstić information content (AvgIpc) is 2.87. The summed E-state index contributed by atoms with van der Waals surface area (Å²) in [6, 6.07) is 2.16. The van der Waals surface area contributed by atoms with E-state index in [2.05, 4.69) is 16.4 Å². The lowest BCUT2D eigenvalue weighted by Gasteiger charge is -2.22. The average molecular weight is 255 g/mol. The second-order valence-corrected chi connectivity index (χ2v) is 5.11. The maximum absolute atomic E-state index is 6.15. The highest BCUT2D eigenvalue weighted by atomic mass is 35.5. The largest absolute Gasteiger partial charge is 0.366 e. The van der Waals surface area contributed by atoms with Gasteiger partial charge in [-0.3, -0.25) is 0 Å². The van der Waals surface area contributed by atoms with Crippen molar-refractivity contribution in [2.24, 2.45) is 0 Å². The maximum Gasteiger partial charge on any atom is 0.135 e. The summed E-state index contributed by atoms with van der Waals surface area (Å²) in [5.74, 6) is 0.795. The number of thiophene rings is 1. The molecule has 0 aromatic carbocycles. The molecule has 1 atom stereocenters. The first kappa shape index (κ1) is 10.3. The topological polar surface area (TPSA) is 27.1 Å². The molecule has 1 unspecified atom stereocenters. The van der Waals surface area contributed by atoms with Crippen molar-refractivity contribution in [3.8, 4) is 0 Å². The van der Waals surface area contributed by atoms with E-state index in [9.17, 15) is 0 Å². The van der Waals surface area contributed by atoms with E-state index in [4.69, 9.17) is 16.5 Å². The molecular weight excluding hydrogens is 244 g/mol. The van der Waals surface area contributed by atoms with Crippen LogP contribution in [0.5, 0.6) is 0 Å². The van der Waals surface area contributed by atoms with Gasteiger partial charge in [0.2, 0.25) is 0 Å². The van der Waals surface area contributed by atoms with Crippen molar-refractivity contribution in [3.63, 3.8) is 0 Å². The number of imidazole rings is 1. The van der Waals surface area contributed by atoms with Crippen LogP contribution in [0.25, 0.3) is 0 Å². The van der Waals surface area contributed by atoms with Crippen molar-refractivity contribution in [2.75, 3.05) is 6.61 Å². The Morgan fingerprint density at radius 1 is 1.62 bits per heavy atom. The highest BCUT2D eigenvalue weighted by molar-refractivity contribution is 7.10. The van der Waals surface area contributed by atoms with Gasteiger partial charge in [0.15, 0.2) is 0 Å². The van der Waals surface area contributed by atoms with Crippen LogP contribution >= 0.6 is 23.1 Å². The normalized spacial score (nSPS) is 19.8. The van der Waals surface area contributed by atoms with E-state index in [0.717, 1.165) is 24.5 Å². The van der Waals surface area contributed by atoms with Crippen molar-refractivity contribution < 1.29 is 4.74 Å². The van der Waals surface area contributed by atoms with E-state index in [0.29, 0.717) is 0 Å². The SMILES string of the molecule is Cc1ncc(C2OCCc3ccsc32)n1Cl. The van der Waals surface area contributed by atoms with Gasteiger partial charge in [0, 0.05) is 16.7 Å². The number of fused-ring (bicyclic) bond motifs is 1. The molecule has 3 heterocycles. The van der Waals surface area contributed by atoms with Gasteiger partial charge < -0.3 is 4.74 Å². The van der Waals surface area contributed by atoms with Gasteiger partial charge in [-0.15, -0.1) is 11.3 Å². The lowest BCUT2D eigenvalue weighted by atomic mass is 10.1. The Balaban J connectivity index is 2.07. The minimum atomic E-state index is -0.0533. The highest BCUT2D eigenvalue weighted by Crippen LogP contribution is 2.36. The molecule has 0 fully saturated rings. The van der Waals surface area contributed by atoms with Gasteiger partial charge in [0.1, 0.15) is 11.9 Å². The van der Waals surface area contributed by atoms with E-state index >= 15 is 0 Å². The number of nitrogens with zero attached hydrogens (tertiary/aromatic N) is 2. The molecule has 3 nitrogen and oxygen atoms in total. The Morgan fingerprint density at radius 3 is 3.25 bits per heavy atom. The van der Waals surface area contributed by atoms with Crippen LogP contribution in [0.15, 0.2) is 17.6 Å². The molecule has 0 spiro atoms. The first-order valence-electron chi connectivity index (χ1n) is 5.15. The van der Waals surface area contributed by atoms with Gasteiger partial charge >= 0.3 is 0 Å². The maximum atomic E-state index is 6.15. The number of rotatable bonds is 1. The lowest BCUT2D eigenvalue weighted by Crippen LogP contribution is -2.16. The zero-order valence-corrected chi connectivity index (χ0v) is 10.4. The molecule has 0 saturated heterocycles. The molecule has 0 saturated carbocycles. The molecule has 0 bridgehead atoms. The molecule has 0 aliphatic carbocycles. The second kappa shape index (κ2) is 3.87. The van der Waals surface area contributed by atoms with Gasteiger partial charge in [-0.1, -0.05) is 0 Å². The van der Waals surface area contributed by atoms with E-state index < -0.39 is 0 Å². The first-order chi connectivity index (χ1) is 7.77. The smallest absolute Gasteiger partial charge is 0.135 e. The summed E-state index contributed by atoms with van der Waals surface area (Å²) < 4.78 is 7.39. The second-order valence-electron chi connectivity index (χ2n) is 3.82. The number of halogens is 1. The summed E-state index contributed by atoms with van der Waals surface area (Å²) in [5, 5.41) is 2.11. The fourth-order valence-corrected chi connectivity index (χ4v) is 3.17. The number of aromatic nitrogens is 2. The monoisotopic (exact) mass is 254 g/mol. The van der Waals surface area contributed by atoms with Gasteiger partial charge in [0.25, 0.3) is 0 Å². The summed E-state index contributed by atoms with van der Waals surface area (Å²) in [4.78, 5) is 5.46. The molecular formula is C11H11ClN2OS. The van der Waals surface area contributed by atoms with Crippen molar-refractivity contribution >= 4 is 23.1 Å². The van der Waals surface area contributed by atoms with Gasteiger partial charge in [-0.05, 0) is 30.4 Å². The van der Waals surface area contributed by atoms with Crippen molar-refractivity contribution in [1.29, 1.82) is 0 Å². The number of hydrogen-bond donors (Lipinski definition) is 0. The Morgan fingerprint density at radius 2 is 2.50 bits per heavy atom. The fraction of sp³-hybridized carbons (Fsp3) is 0.364. The molecule has 0 N–H and O–H groups in total. The number of aryl methyl sites for hydroxylation is 1. The molecule has 16 heavy (non-hydrogen) atoms. The Bertz CT molecular complexity index is 520. The predicted octanol–water partition coefficient (Wildman–Crippen LogP) is 2.92. The van der Waals surface area contributed by atoms with Crippen LogP contribution in [0.1, 0.15) is 28.1 Å². The van der Waals surface area contributed by atoms with Gasteiger partial charge in [0.05, 0.1) is 18.5 Å². The molecule has 2 aromatic rings. The molecule has 84 valence electrons. The van der Waals surface area contributed by atoms with E-state index in [1.54, 1.807) is 21.6 Å². The molecule has 3 rings (SSSR count). The fourth-order valence-electron chi connectivity index (χ4n) is 1.98. The van der Waals surface area contributed by atoms with Crippen LogP contribution in [0, 0.1) is 6.92 Å². The third-order valence-corrected chi connectivity index (χ3v) is 4.28. The standard InChI is InChI=1S/C11H11ClN2OS/c1-7-13-6-9(14(7)12)10-11-8(2-4-15-10)3-5-16-11/h3,5-6,10H,2,4H2,1H3. The van der Waals surface area contributed by atoms with Crippen LogP contribution in [-0.2, 0) is 11.2 Å². The Hall–Kier alpha value is -0.840. The van der Waals surface area contributed by atoms with Crippen LogP contribution in [-0.4, -0.2) is 15.7 Å². The van der Waals surface area contributed by atoms with Crippen LogP contribution in [0.4, 0.5) is 0 Å². The van der Waals surface area contributed by atoms with Crippen molar-refractivity contribution in [3.05, 3.63) is 39.6 Å². The Kier molecular flexibility index (Phi) is 2.50. The van der Waals surface area contributed by atoms with E-state index in [-0.39, 0.29) is 6.10 Å². The molecule has 1 aliphatic rings. The summed E-state index contributed by atoms with van der Waals surface area (Å²) in [7, 11) is 0. The molecule has 0 radical (unpaired) electrons. The quantitative estimate of drug-likeness (QED) is 0.783. The lowest BCUT2D eigenvalue weighted by molar-refractivity contribution is 0.0696. The van der Waals surface area contributed by atoms with Crippen LogP contribution in [0.2, 0.25) is 0 Å². The van der Waals surface area contributed by atoms with Crippen molar-refractivity contribution in [1.82, 2.24) is 9.07 Å². The van der Waals surface area contributed by atoms with E-state index in [1.165, 1.54) is 10.4 Å². The predicted molar refractivity (Wildman–Crippen MR) is 64.0 cm³/mol. The minimum Gasteiger partial charge on any atom is -0.366 e. The van der Waals surface area contributed by atoms with Crippen molar-refractivity contribution in [2.45, 2.75) is 19.4 Å².